The lowest BCUT2D eigenvalue weighted by molar-refractivity contribution is 0.0897. The fourth-order valence-electron chi connectivity index (χ4n) is 2.20. The SMILES string of the molecule is CC(C)C(CO)NC(=O)c1ccc(-c2ccc(F)cc2Cl)cc1. The highest BCUT2D eigenvalue weighted by Crippen LogP contribution is 2.28. The zero-order valence-corrected chi connectivity index (χ0v) is 13.8. The first-order valence-corrected chi connectivity index (χ1v) is 7.77. The molecular weight excluding hydrogens is 317 g/mol. The average molecular weight is 336 g/mol. The molecule has 1 atom stereocenters. The van der Waals surface area contributed by atoms with Crippen LogP contribution in [-0.4, -0.2) is 23.7 Å². The molecule has 0 spiro atoms. The highest BCUT2D eigenvalue weighted by Gasteiger charge is 2.16. The molecule has 0 aromatic heterocycles. The minimum atomic E-state index is -0.390. The lowest BCUT2D eigenvalue weighted by atomic mass is 10.0. The van der Waals surface area contributed by atoms with Crippen molar-refractivity contribution in [2.45, 2.75) is 19.9 Å². The summed E-state index contributed by atoms with van der Waals surface area (Å²) >= 11 is 6.04. The Labute approximate surface area is 140 Å². The van der Waals surface area contributed by atoms with Crippen LogP contribution in [0.2, 0.25) is 5.02 Å². The van der Waals surface area contributed by atoms with Crippen LogP contribution in [0.3, 0.4) is 0 Å². The zero-order valence-electron chi connectivity index (χ0n) is 13.0. The standard InChI is InChI=1S/C18H19ClFNO2/c1-11(2)17(10-22)21-18(23)13-5-3-12(4-6-13)15-8-7-14(20)9-16(15)19/h3-9,11,17,22H,10H2,1-2H3,(H,21,23). The zero-order chi connectivity index (χ0) is 17.0. The van der Waals surface area contributed by atoms with Gasteiger partial charge in [0, 0.05) is 11.1 Å². The molecule has 0 saturated carbocycles. The van der Waals surface area contributed by atoms with Gasteiger partial charge < -0.3 is 10.4 Å². The predicted molar refractivity (Wildman–Crippen MR) is 90.0 cm³/mol. The van der Waals surface area contributed by atoms with E-state index in [4.69, 9.17) is 11.6 Å². The van der Waals surface area contributed by atoms with Crippen LogP contribution in [0.15, 0.2) is 42.5 Å². The quantitative estimate of drug-likeness (QED) is 0.870. The van der Waals surface area contributed by atoms with E-state index in [-0.39, 0.29) is 24.5 Å². The normalized spacial score (nSPS) is 12.3. The van der Waals surface area contributed by atoms with E-state index in [2.05, 4.69) is 5.32 Å². The van der Waals surface area contributed by atoms with E-state index in [1.54, 1.807) is 30.3 Å². The maximum atomic E-state index is 13.1. The molecule has 0 bridgehead atoms. The maximum absolute atomic E-state index is 13.1. The number of hydrogen-bond acceptors (Lipinski definition) is 2. The molecule has 2 aromatic rings. The third-order valence-electron chi connectivity index (χ3n) is 3.71. The summed E-state index contributed by atoms with van der Waals surface area (Å²) in [5, 5.41) is 12.4. The Bertz CT molecular complexity index is 686. The second kappa shape index (κ2) is 7.57. The summed E-state index contributed by atoms with van der Waals surface area (Å²) in [7, 11) is 0. The number of hydrogen-bond donors (Lipinski definition) is 2. The van der Waals surface area contributed by atoms with Gasteiger partial charge in [0.1, 0.15) is 5.82 Å². The van der Waals surface area contributed by atoms with Crippen LogP contribution in [0.5, 0.6) is 0 Å². The van der Waals surface area contributed by atoms with Gasteiger partial charge in [-0.05, 0) is 41.8 Å². The highest BCUT2D eigenvalue weighted by molar-refractivity contribution is 6.33. The number of carbonyl (C=O) groups excluding carboxylic acids is 1. The lowest BCUT2D eigenvalue weighted by Gasteiger charge is -2.20. The summed E-state index contributed by atoms with van der Waals surface area (Å²) in [6.07, 6.45) is 0. The fraction of sp³-hybridized carbons (Fsp3) is 0.278. The third-order valence-corrected chi connectivity index (χ3v) is 4.02. The van der Waals surface area contributed by atoms with Gasteiger partial charge in [-0.15, -0.1) is 0 Å². The van der Waals surface area contributed by atoms with Crippen LogP contribution >= 0.6 is 11.6 Å². The van der Waals surface area contributed by atoms with E-state index in [0.717, 1.165) is 5.56 Å². The Morgan fingerprint density at radius 1 is 1.22 bits per heavy atom. The van der Waals surface area contributed by atoms with Crippen molar-refractivity contribution in [3.05, 3.63) is 58.9 Å². The fourth-order valence-corrected chi connectivity index (χ4v) is 2.48. The van der Waals surface area contributed by atoms with E-state index < -0.39 is 5.82 Å². The molecule has 1 amide bonds. The number of aliphatic hydroxyl groups excluding tert-OH is 1. The monoisotopic (exact) mass is 335 g/mol. The van der Waals surface area contributed by atoms with Crippen LogP contribution in [0.25, 0.3) is 11.1 Å². The number of aliphatic hydroxyl groups is 1. The van der Waals surface area contributed by atoms with Crippen molar-refractivity contribution >= 4 is 17.5 Å². The lowest BCUT2D eigenvalue weighted by Crippen LogP contribution is -2.41. The third kappa shape index (κ3) is 4.30. The number of nitrogens with one attached hydrogen (secondary N) is 1. The molecule has 122 valence electrons. The number of rotatable bonds is 5. The van der Waals surface area contributed by atoms with Gasteiger partial charge in [0.15, 0.2) is 0 Å². The molecule has 23 heavy (non-hydrogen) atoms. The average Bonchev–Trinajstić information content (AvgIpc) is 2.52. The molecule has 0 saturated heterocycles. The van der Waals surface area contributed by atoms with Crippen LogP contribution in [0.1, 0.15) is 24.2 Å². The second-order valence-electron chi connectivity index (χ2n) is 5.71. The summed E-state index contributed by atoms with van der Waals surface area (Å²) in [4.78, 5) is 12.2. The highest BCUT2D eigenvalue weighted by atomic mass is 35.5. The molecule has 0 aliphatic carbocycles. The van der Waals surface area contributed by atoms with Crippen LogP contribution in [-0.2, 0) is 0 Å². The molecule has 0 aliphatic rings. The van der Waals surface area contributed by atoms with Crippen molar-refractivity contribution in [1.82, 2.24) is 5.32 Å². The van der Waals surface area contributed by atoms with Crippen molar-refractivity contribution in [2.75, 3.05) is 6.61 Å². The van der Waals surface area contributed by atoms with Crippen molar-refractivity contribution in [3.8, 4) is 11.1 Å². The molecule has 3 nitrogen and oxygen atoms in total. The second-order valence-corrected chi connectivity index (χ2v) is 6.12. The molecule has 0 radical (unpaired) electrons. The van der Waals surface area contributed by atoms with Gasteiger partial charge in [-0.3, -0.25) is 4.79 Å². The Balaban J connectivity index is 2.17. The Morgan fingerprint density at radius 2 is 1.87 bits per heavy atom. The minimum absolute atomic E-state index is 0.104. The number of benzene rings is 2. The van der Waals surface area contributed by atoms with Crippen LogP contribution in [0.4, 0.5) is 4.39 Å². The van der Waals surface area contributed by atoms with Crippen LogP contribution in [0, 0.1) is 11.7 Å². The summed E-state index contributed by atoms with van der Waals surface area (Å²) in [6.45, 7) is 3.76. The predicted octanol–water partition coefficient (Wildman–Crippen LogP) is 3.89. The first-order chi connectivity index (χ1) is 10.9. The van der Waals surface area contributed by atoms with Gasteiger partial charge in [0.2, 0.25) is 0 Å². The number of halogens is 2. The topological polar surface area (TPSA) is 49.3 Å². The molecule has 5 heteroatoms. The smallest absolute Gasteiger partial charge is 0.251 e. The molecule has 0 fully saturated rings. The van der Waals surface area contributed by atoms with Gasteiger partial charge in [-0.25, -0.2) is 4.39 Å². The van der Waals surface area contributed by atoms with E-state index >= 15 is 0 Å². The van der Waals surface area contributed by atoms with Crippen molar-refractivity contribution in [2.24, 2.45) is 5.92 Å². The maximum Gasteiger partial charge on any atom is 0.251 e. The largest absolute Gasteiger partial charge is 0.394 e. The molecular formula is C18H19ClFNO2. The van der Waals surface area contributed by atoms with Crippen molar-refractivity contribution < 1.29 is 14.3 Å². The van der Waals surface area contributed by atoms with E-state index in [9.17, 15) is 14.3 Å². The Hall–Kier alpha value is -1.91. The first-order valence-electron chi connectivity index (χ1n) is 7.39. The summed E-state index contributed by atoms with van der Waals surface area (Å²) < 4.78 is 13.1. The summed E-state index contributed by atoms with van der Waals surface area (Å²) in [5.74, 6) is -0.491. The first kappa shape index (κ1) is 17.4. The van der Waals surface area contributed by atoms with Crippen molar-refractivity contribution in [1.29, 1.82) is 0 Å². The van der Waals surface area contributed by atoms with Gasteiger partial charge in [0.05, 0.1) is 17.7 Å². The number of amides is 1. The van der Waals surface area contributed by atoms with E-state index in [1.165, 1.54) is 12.1 Å². The van der Waals surface area contributed by atoms with Crippen molar-refractivity contribution in [3.63, 3.8) is 0 Å². The van der Waals surface area contributed by atoms with E-state index in [1.807, 2.05) is 13.8 Å². The number of carbonyl (C=O) groups is 1. The molecule has 2 aromatic carbocycles. The van der Waals surface area contributed by atoms with Crippen LogP contribution < -0.4 is 5.32 Å². The van der Waals surface area contributed by atoms with Gasteiger partial charge >= 0.3 is 0 Å². The molecule has 0 heterocycles. The Morgan fingerprint density at radius 3 is 2.39 bits per heavy atom. The molecule has 1 unspecified atom stereocenters. The summed E-state index contributed by atoms with van der Waals surface area (Å²) in [6, 6.07) is 10.8. The molecule has 2 rings (SSSR count). The van der Waals surface area contributed by atoms with E-state index in [0.29, 0.717) is 16.1 Å². The Kier molecular flexibility index (Phi) is 5.74. The molecule has 2 N–H and O–H groups in total. The van der Waals surface area contributed by atoms with Gasteiger partial charge in [-0.2, -0.15) is 0 Å². The molecule has 0 aliphatic heterocycles. The minimum Gasteiger partial charge on any atom is -0.394 e. The van der Waals surface area contributed by atoms with Gasteiger partial charge in [-0.1, -0.05) is 37.6 Å². The summed E-state index contributed by atoms with van der Waals surface area (Å²) in [5.41, 5.74) is 2.00. The van der Waals surface area contributed by atoms with Gasteiger partial charge in [0.25, 0.3) is 5.91 Å².